The molecule has 2 aromatic rings. The minimum absolute atomic E-state index is 0.0206. The molecule has 146 valence electrons. The summed E-state index contributed by atoms with van der Waals surface area (Å²) in [7, 11) is 0. The molecule has 1 unspecified atom stereocenters. The molecule has 0 heterocycles. The van der Waals surface area contributed by atoms with Crippen molar-refractivity contribution in [3.8, 4) is 0 Å². The van der Waals surface area contributed by atoms with Crippen molar-refractivity contribution in [3.63, 3.8) is 0 Å². The van der Waals surface area contributed by atoms with Gasteiger partial charge in [0.1, 0.15) is 0 Å². The van der Waals surface area contributed by atoms with Crippen molar-refractivity contribution in [2.75, 3.05) is 13.2 Å². The SMILES string of the molecule is CC(C)(C)C(=O)OCCC(CO)N(Cc1ccccc1)Cc1ccccc1. The molecule has 0 aliphatic rings. The van der Waals surface area contributed by atoms with Crippen LogP contribution >= 0.6 is 0 Å². The van der Waals surface area contributed by atoms with Gasteiger partial charge in [-0.25, -0.2) is 0 Å². The van der Waals surface area contributed by atoms with Crippen LogP contribution in [-0.4, -0.2) is 35.2 Å². The van der Waals surface area contributed by atoms with Gasteiger partial charge in [0.15, 0.2) is 0 Å². The molecular formula is C23H31NO3. The third kappa shape index (κ3) is 7.16. The van der Waals surface area contributed by atoms with E-state index in [1.165, 1.54) is 11.1 Å². The Bertz CT molecular complexity index is 638. The highest BCUT2D eigenvalue weighted by Crippen LogP contribution is 2.18. The van der Waals surface area contributed by atoms with Gasteiger partial charge in [0.2, 0.25) is 0 Å². The maximum absolute atomic E-state index is 12.0. The average Bonchev–Trinajstić information content (AvgIpc) is 2.65. The van der Waals surface area contributed by atoms with Crippen LogP contribution in [0.15, 0.2) is 60.7 Å². The Kier molecular flexibility index (Phi) is 8.01. The number of carbonyl (C=O) groups is 1. The first-order valence-electron chi connectivity index (χ1n) is 9.50. The smallest absolute Gasteiger partial charge is 0.311 e. The predicted octanol–water partition coefficient (Wildman–Crippen LogP) is 4.03. The lowest BCUT2D eigenvalue weighted by atomic mass is 9.97. The van der Waals surface area contributed by atoms with Crippen LogP contribution in [0.25, 0.3) is 0 Å². The number of benzene rings is 2. The Morgan fingerprint density at radius 3 is 1.85 bits per heavy atom. The lowest BCUT2D eigenvalue weighted by Crippen LogP contribution is -2.38. The fourth-order valence-corrected chi connectivity index (χ4v) is 2.84. The number of hydrogen-bond donors (Lipinski definition) is 1. The molecule has 0 saturated heterocycles. The zero-order valence-corrected chi connectivity index (χ0v) is 16.6. The second kappa shape index (κ2) is 10.2. The summed E-state index contributed by atoms with van der Waals surface area (Å²) in [6, 6.07) is 20.4. The molecule has 0 bridgehead atoms. The molecule has 2 aromatic carbocycles. The first kappa shape index (κ1) is 21.1. The molecule has 0 spiro atoms. The molecule has 2 rings (SSSR count). The van der Waals surface area contributed by atoms with Gasteiger partial charge in [0.25, 0.3) is 0 Å². The fourth-order valence-electron chi connectivity index (χ4n) is 2.84. The first-order chi connectivity index (χ1) is 12.9. The monoisotopic (exact) mass is 369 g/mol. The Labute approximate surface area is 162 Å². The molecule has 27 heavy (non-hydrogen) atoms. The van der Waals surface area contributed by atoms with Gasteiger partial charge in [-0.15, -0.1) is 0 Å². The third-order valence-electron chi connectivity index (χ3n) is 4.48. The summed E-state index contributed by atoms with van der Waals surface area (Å²) >= 11 is 0. The Morgan fingerprint density at radius 2 is 1.44 bits per heavy atom. The van der Waals surface area contributed by atoms with Gasteiger partial charge in [-0.3, -0.25) is 9.69 Å². The number of aliphatic hydroxyl groups is 1. The molecule has 0 fully saturated rings. The van der Waals surface area contributed by atoms with E-state index < -0.39 is 5.41 Å². The number of aliphatic hydroxyl groups excluding tert-OH is 1. The molecule has 4 nitrogen and oxygen atoms in total. The van der Waals surface area contributed by atoms with E-state index in [1.54, 1.807) is 0 Å². The Balaban J connectivity index is 2.05. The van der Waals surface area contributed by atoms with E-state index in [0.29, 0.717) is 13.0 Å². The number of nitrogens with zero attached hydrogens (tertiary/aromatic N) is 1. The van der Waals surface area contributed by atoms with Crippen molar-refractivity contribution >= 4 is 5.97 Å². The average molecular weight is 370 g/mol. The van der Waals surface area contributed by atoms with E-state index in [-0.39, 0.29) is 18.6 Å². The van der Waals surface area contributed by atoms with E-state index in [1.807, 2.05) is 57.2 Å². The highest BCUT2D eigenvalue weighted by atomic mass is 16.5. The normalized spacial score (nSPS) is 12.8. The molecule has 1 atom stereocenters. The van der Waals surface area contributed by atoms with E-state index >= 15 is 0 Å². The van der Waals surface area contributed by atoms with Crippen LogP contribution in [0.1, 0.15) is 38.3 Å². The molecule has 0 aliphatic heterocycles. The molecule has 0 saturated carbocycles. The minimum Gasteiger partial charge on any atom is -0.465 e. The Hall–Kier alpha value is -2.17. The largest absolute Gasteiger partial charge is 0.465 e. The molecule has 0 aliphatic carbocycles. The summed E-state index contributed by atoms with van der Waals surface area (Å²) in [5, 5.41) is 10.00. The number of rotatable bonds is 9. The molecular weight excluding hydrogens is 338 g/mol. The van der Waals surface area contributed by atoms with Crippen LogP contribution in [0, 0.1) is 5.41 Å². The van der Waals surface area contributed by atoms with E-state index in [4.69, 9.17) is 4.74 Å². The van der Waals surface area contributed by atoms with Crippen LogP contribution in [0.2, 0.25) is 0 Å². The molecule has 0 radical (unpaired) electrons. The van der Waals surface area contributed by atoms with Crippen LogP contribution in [0.3, 0.4) is 0 Å². The standard InChI is InChI=1S/C23H31NO3/c1-23(2,3)22(26)27-15-14-21(18-25)24(16-19-10-6-4-7-11-19)17-20-12-8-5-9-13-20/h4-13,21,25H,14-18H2,1-3H3. The van der Waals surface area contributed by atoms with Gasteiger partial charge in [-0.1, -0.05) is 60.7 Å². The maximum Gasteiger partial charge on any atom is 0.311 e. The minimum atomic E-state index is -0.511. The fraction of sp³-hybridized carbons (Fsp3) is 0.435. The summed E-state index contributed by atoms with van der Waals surface area (Å²) < 4.78 is 5.41. The van der Waals surface area contributed by atoms with Crippen LogP contribution in [0.5, 0.6) is 0 Å². The lowest BCUT2D eigenvalue weighted by molar-refractivity contribution is -0.153. The molecule has 1 N–H and O–H groups in total. The topological polar surface area (TPSA) is 49.8 Å². The van der Waals surface area contributed by atoms with Gasteiger partial charge in [0, 0.05) is 19.1 Å². The van der Waals surface area contributed by atoms with Gasteiger partial charge in [-0.05, 0) is 38.3 Å². The van der Waals surface area contributed by atoms with Crippen molar-refractivity contribution in [2.45, 2.75) is 46.3 Å². The van der Waals surface area contributed by atoms with Crippen molar-refractivity contribution in [1.82, 2.24) is 4.90 Å². The zero-order chi connectivity index (χ0) is 19.7. The highest BCUT2D eigenvalue weighted by molar-refractivity contribution is 5.75. The molecule has 0 aromatic heterocycles. The quantitative estimate of drug-likeness (QED) is 0.678. The number of esters is 1. The third-order valence-corrected chi connectivity index (χ3v) is 4.48. The summed E-state index contributed by atoms with van der Waals surface area (Å²) in [5.41, 5.74) is 1.87. The summed E-state index contributed by atoms with van der Waals surface area (Å²) in [5.74, 6) is -0.211. The van der Waals surface area contributed by atoms with Crippen LogP contribution in [-0.2, 0) is 22.6 Å². The van der Waals surface area contributed by atoms with E-state index in [9.17, 15) is 9.90 Å². The first-order valence-corrected chi connectivity index (χ1v) is 9.50. The van der Waals surface area contributed by atoms with Crippen molar-refractivity contribution in [3.05, 3.63) is 71.8 Å². The second-order valence-corrected chi connectivity index (χ2v) is 7.89. The van der Waals surface area contributed by atoms with Gasteiger partial charge < -0.3 is 9.84 Å². The lowest BCUT2D eigenvalue weighted by Gasteiger charge is -2.31. The van der Waals surface area contributed by atoms with Gasteiger partial charge in [-0.2, -0.15) is 0 Å². The van der Waals surface area contributed by atoms with Crippen molar-refractivity contribution in [1.29, 1.82) is 0 Å². The number of ether oxygens (including phenoxy) is 1. The van der Waals surface area contributed by atoms with Gasteiger partial charge in [0.05, 0.1) is 18.6 Å². The van der Waals surface area contributed by atoms with Gasteiger partial charge >= 0.3 is 5.97 Å². The van der Waals surface area contributed by atoms with Crippen LogP contribution in [0.4, 0.5) is 0 Å². The highest BCUT2D eigenvalue weighted by Gasteiger charge is 2.24. The Morgan fingerprint density at radius 1 is 0.963 bits per heavy atom. The van der Waals surface area contributed by atoms with E-state index in [2.05, 4.69) is 29.2 Å². The molecule has 0 amide bonds. The number of carbonyl (C=O) groups excluding carboxylic acids is 1. The summed E-state index contributed by atoms with van der Waals surface area (Å²) in [6.07, 6.45) is 0.595. The maximum atomic E-state index is 12.0. The van der Waals surface area contributed by atoms with E-state index in [0.717, 1.165) is 13.1 Å². The number of hydrogen-bond acceptors (Lipinski definition) is 4. The van der Waals surface area contributed by atoms with Crippen LogP contribution < -0.4 is 0 Å². The summed E-state index contributed by atoms with van der Waals surface area (Å²) in [6.45, 7) is 7.32. The van der Waals surface area contributed by atoms with Crippen molar-refractivity contribution in [2.24, 2.45) is 5.41 Å². The van der Waals surface area contributed by atoms with Crippen molar-refractivity contribution < 1.29 is 14.6 Å². The second-order valence-electron chi connectivity index (χ2n) is 7.89. The predicted molar refractivity (Wildman–Crippen MR) is 108 cm³/mol. The summed E-state index contributed by atoms with van der Waals surface area (Å²) in [4.78, 5) is 14.2. The molecule has 4 heteroatoms. The zero-order valence-electron chi connectivity index (χ0n) is 16.6.